The Kier molecular flexibility index (Phi) is 8.04. The fraction of sp³-hybridized carbons (Fsp3) is 0.381. The van der Waals surface area contributed by atoms with E-state index in [1.807, 2.05) is 16.8 Å². The van der Waals surface area contributed by atoms with E-state index < -0.39 is 0 Å². The molecule has 0 N–H and O–H groups in total. The normalized spacial score (nSPS) is 15.6. The van der Waals surface area contributed by atoms with E-state index in [0.29, 0.717) is 13.2 Å². The first-order chi connectivity index (χ1) is 14.3. The Bertz CT molecular complexity index is 897. The third-order valence-electron chi connectivity index (χ3n) is 5.30. The lowest BCUT2D eigenvalue weighted by atomic mass is 10.0. The largest absolute Gasteiger partial charge is 0.383 e. The van der Waals surface area contributed by atoms with Crippen molar-refractivity contribution >= 4 is 29.7 Å². The molecule has 1 aliphatic rings. The fourth-order valence-electron chi connectivity index (χ4n) is 3.79. The first kappa shape index (κ1) is 22.5. The smallest absolute Gasteiger partial charge is 0.173 e. The first-order valence-electron chi connectivity index (χ1n) is 9.81. The van der Waals surface area contributed by atoms with Crippen LogP contribution < -0.4 is 4.90 Å². The maximum atomic E-state index is 6.13. The van der Waals surface area contributed by atoms with E-state index in [1.54, 1.807) is 7.11 Å². The number of methoxy groups -OCH3 is 1. The summed E-state index contributed by atoms with van der Waals surface area (Å²) in [5, 5.41) is 13.2. The van der Waals surface area contributed by atoms with Crippen molar-refractivity contribution in [2.45, 2.75) is 12.6 Å². The van der Waals surface area contributed by atoms with Crippen LogP contribution in [-0.2, 0) is 11.3 Å². The number of nitrogens with zero attached hydrogens (tertiary/aromatic N) is 6. The molecule has 0 saturated carbocycles. The van der Waals surface area contributed by atoms with Gasteiger partial charge in [0.05, 0.1) is 19.2 Å². The van der Waals surface area contributed by atoms with Crippen molar-refractivity contribution in [1.29, 1.82) is 0 Å². The van der Waals surface area contributed by atoms with E-state index in [2.05, 4.69) is 67.8 Å². The van der Waals surface area contributed by atoms with E-state index in [-0.39, 0.29) is 18.4 Å². The number of halogens is 2. The highest BCUT2D eigenvalue weighted by Crippen LogP contribution is 2.30. The third kappa shape index (κ3) is 5.10. The molecular weight excluding hydrogens is 423 g/mol. The van der Waals surface area contributed by atoms with Gasteiger partial charge in [-0.15, -0.1) is 17.5 Å². The van der Waals surface area contributed by atoms with Gasteiger partial charge in [0.2, 0.25) is 0 Å². The molecule has 7 nitrogen and oxygen atoms in total. The van der Waals surface area contributed by atoms with Gasteiger partial charge in [0.25, 0.3) is 0 Å². The van der Waals surface area contributed by atoms with Crippen molar-refractivity contribution in [2.24, 2.45) is 0 Å². The molecule has 30 heavy (non-hydrogen) atoms. The summed E-state index contributed by atoms with van der Waals surface area (Å²) in [6, 6.07) is 18.5. The molecule has 0 spiro atoms. The number of aromatic nitrogens is 4. The van der Waals surface area contributed by atoms with E-state index in [1.165, 1.54) is 5.69 Å². The second kappa shape index (κ2) is 10.7. The average molecular weight is 449 g/mol. The Morgan fingerprint density at radius 2 is 1.70 bits per heavy atom. The molecule has 2 aromatic carbocycles. The van der Waals surface area contributed by atoms with Crippen LogP contribution in [-0.4, -0.2) is 65.0 Å². The molecule has 0 radical (unpaired) electrons. The van der Waals surface area contributed by atoms with Crippen molar-refractivity contribution in [3.05, 3.63) is 71.0 Å². The van der Waals surface area contributed by atoms with Crippen LogP contribution in [0.5, 0.6) is 0 Å². The van der Waals surface area contributed by atoms with Gasteiger partial charge in [-0.25, -0.2) is 4.68 Å². The number of tetrazole rings is 1. The summed E-state index contributed by atoms with van der Waals surface area (Å²) in [6.07, 6.45) is 0. The zero-order valence-corrected chi connectivity index (χ0v) is 18.5. The molecular formula is C21H26Cl2N6O. The van der Waals surface area contributed by atoms with Gasteiger partial charge in [-0.05, 0) is 40.3 Å². The lowest BCUT2D eigenvalue weighted by Gasteiger charge is -2.39. The molecule has 1 unspecified atom stereocenters. The van der Waals surface area contributed by atoms with Crippen LogP contribution in [0.1, 0.15) is 17.4 Å². The molecule has 1 atom stereocenters. The number of benzene rings is 2. The summed E-state index contributed by atoms with van der Waals surface area (Å²) in [6.45, 7) is 4.92. The predicted molar refractivity (Wildman–Crippen MR) is 120 cm³/mol. The minimum Gasteiger partial charge on any atom is -0.383 e. The van der Waals surface area contributed by atoms with E-state index >= 15 is 0 Å². The molecule has 160 valence electrons. The minimum absolute atomic E-state index is 0. The van der Waals surface area contributed by atoms with Crippen LogP contribution >= 0.6 is 24.0 Å². The van der Waals surface area contributed by atoms with Crippen molar-refractivity contribution in [2.75, 3.05) is 44.8 Å². The Balaban J connectivity index is 0.00000256. The lowest BCUT2D eigenvalue weighted by Crippen LogP contribution is -2.48. The predicted octanol–water partition coefficient (Wildman–Crippen LogP) is 3.31. The number of ether oxygens (including phenoxy) is 1. The van der Waals surface area contributed by atoms with Crippen molar-refractivity contribution in [3.63, 3.8) is 0 Å². The molecule has 1 aliphatic heterocycles. The van der Waals surface area contributed by atoms with Crippen molar-refractivity contribution in [3.8, 4) is 0 Å². The van der Waals surface area contributed by atoms with Gasteiger partial charge in [-0.1, -0.05) is 41.9 Å². The average Bonchev–Trinajstić information content (AvgIpc) is 3.23. The first-order valence-corrected chi connectivity index (χ1v) is 10.2. The Morgan fingerprint density at radius 3 is 2.37 bits per heavy atom. The van der Waals surface area contributed by atoms with Gasteiger partial charge in [0.15, 0.2) is 5.82 Å². The van der Waals surface area contributed by atoms with Gasteiger partial charge in [-0.2, -0.15) is 0 Å². The van der Waals surface area contributed by atoms with Gasteiger partial charge in [-0.3, -0.25) is 4.90 Å². The van der Waals surface area contributed by atoms with Crippen LogP contribution in [0.2, 0.25) is 5.02 Å². The standard InChI is InChI=1S/C21H25ClN6O.ClH/c1-29-16-15-28-21(23-24-25-28)20(17-7-9-18(22)10-8-17)27-13-11-26(12-14-27)19-5-3-2-4-6-19;/h2-10,20H,11-16H2,1H3;1H. The molecule has 1 aromatic heterocycles. The Labute approximate surface area is 188 Å². The number of anilines is 1. The zero-order valence-electron chi connectivity index (χ0n) is 16.9. The van der Waals surface area contributed by atoms with Gasteiger partial charge in [0.1, 0.15) is 0 Å². The maximum Gasteiger partial charge on any atom is 0.173 e. The molecule has 0 amide bonds. The number of rotatable bonds is 7. The second-order valence-electron chi connectivity index (χ2n) is 7.07. The molecule has 0 aliphatic carbocycles. The van der Waals surface area contributed by atoms with Crippen LogP contribution in [0.3, 0.4) is 0 Å². The number of hydrogen-bond acceptors (Lipinski definition) is 6. The quantitative estimate of drug-likeness (QED) is 0.552. The van der Waals surface area contributed by atoms with Gasteiger partial charge >= 0.3 is 0 Å². The third-order valence-corrected chi connectivity index (χ3v) is 5.55. The lowest BCUT2D eigenvalue weighted by molar-refractivity contribution is 0.172. The van der Waals surface area contributed by atoms with Gasteiger partial charge < -0.3 is 9.64 Å². The topological polar surface area (TPSA) is 59.3 Å². The summed E-state index contributed by atoms with van der Waals surface area (Å²) in [7, 11) is 1.68. The Hall–Kier alpha value is -2.19. The van der Waals surface area contributed by atoms with Gasteiger partial charge in [0, 0.05) is 44.0 Å². The monoisotopic (exact) mass is 448 g/mol. The van der Waals surface area contributed by atoms with Crippen molar-refractivity contribution in [1.82, 2.24) is 25.1 Å². The molecule has 0 bridgehead atoms. The Morgan fingerprint density at radius 1 is 1.00 bits per heavy atom. The van der Waals surface area contributed by atoms with Crippen LogP contribution in [0.15, 0.2) is 54.6 Å². The zero-order chi connectivity index (χ0) is 20.1. The summed E-state index contributed by atoms with van der Waals surface area (Å²) >= 11 is 6.13. The highest BCUT2D eigenvalue weighted by atomic mass is 35.5. The summed E-state index contributed by atoms with van der Waals surface area (Å²) in [4.78, 5) is 4.86. The minimum atomic E-state index is -0.0305. The SMILES string of the molecule is COCCn1nnnc1C(c1ccc(Cl)cc1)N1CCN(c2ccccc2)CC1.Cl. The second-order valence-corrected chi connectivity index (χ2v) is 7.50. The molecule has 2 heterocycles. The number of para-hydroxylation sites is 1. The maximum absolute atomic E-state index is 6.13. The highest BCUT2D eigenvalue weighted by molar-refractivity contribution is 6.30. The summed E-state index contributed by atoms with van der Waals surface area (Å²) in [5.74, 6) is 0.831. The van der Waals surface area contributed by atoms with Crippen LogP contribution in [0.4, 0.5) is 5.69 Å². The fourth-order valence-corrected chi connectivity index (χ4v) is 3.92. The van der Waals surface area contributed by atoms with E-state index in [0.717, 1.165) is 42.6 Å². The molecule has 1 fully saturated rings. The highest BCUT2D eigenvalue weighted by Gasteiger charge is 2.30. The molecule has 3 aromatic rings. The van der Waals surface area contributed by atoms with Crippen LogP contribution in [0.25, 0.3) is 0 Å². The summed E-state index contributed by atoms with van der Waals surface area (Å²) < 4.78 is 7.07. The van der Waals surface area contributed by atoms with Crippen molar-refractivity contribution < 1.29 is 4.74 Å². The number of hydrogen-bond donors (Lipinski definition) is 0. The molecule has 4 rings (SSSR count). The van der Waals surface area contributed by atoms with E-state index in [9.17, 15) is 0 Å². The molecule has 1 saturated heterocycles. The van der Waals surface area contributed by atoms with Crippen LogP contribution in [0, 0.1) is 0 Å². The summed E-state index contributed by atoms with van der Waals surface area (Å²) in [5.41, 5.74) is 2.40. The number of piperazine rings is 1. The van der Waals surface area contributed by atoms with E-state index in [4.69, 9.17) is 16.3 Å². The molecule has 9 heteroatoms.